The molecule has 1 aliphatic carbocycles. The number of rotatable bonds is 5. The second-order valence-electron chi connectivity index (χ2n) is 5.80. The monoisotopic (exact) mass is 458 g/mol. The van der Waals surface area contributed by atoms with Crippen molar-refractivity contribution in [1.29, 1.82) is 0 Å². The van der Waals surface area contributed by atoms with Crippen LogP contribution < -0.4 is 10.6 Å². The van der Waals surface area contributed by atoms with Gasteiger partial charge in [-0.3, -0.25) is 4.99 Å². The third-order valence-corrected chi connectivity index (χ3v) is 4.31. The predicted molar refractivity (Wildman–Crippen MR) is 114 cm³/mol. The third kappa shape index (κ3) is 4.89. The number of aromatic nitrogens is 1. The summed E-state index contributed by atoms with van der Waals surface area (Å²) in [7, 11) is 0. The molecule has 6 heteroatoms. The Labute approximate surface area is 165 Å². The number of hydrogen-bond acceptors (Lipinski definition) is 1. The topological polar surface area (TPSA) is 52.2 Å². The van der Waals surface area contributed by atoms with E-state index in [1.165, 1.54) is 10.9 Å². The summed E-state index contributed by atoms with van der Waals surface area (Å²) >= 11 is 6.10. The Balaban J connectivity index is 0.00000208. The van der Waals surface area contributed by atoms with E-state index < -0.39 is 0 Å². The van der Waals surface area contributed by atoms with Crippen molar-refractivity contribution in [1.82, 2.24) is 15.6 Å². The van der Waals surface area contributed by atoms with Gasteiger partial charge in [-0.25, -0.2) is 0 Å². The first-order valence-corrected chi connectivity index (χ1v) is 8.59. The lowest BCUT2D eigenvalue weighted by Gasteiger charge is -2.16. The average Bonchev–Trinajstić information content (AvgIpc) is 3.17. The third-order valence-electron chi connectivity index (χ3n) is 4.07. The molecule has 1 heterocycles. The minimum Gasteiger partial charge on any atom is -0.361 e. The first kappa shape index (κ1) is 19.1. The molecule has 0 aliphatic heterocycles. The number of halogens is 2. The molecule has 1 aromatic heterocycles. The van der Waals surface area contributed by atoms with Gasteiger partial charge >= 0.3 is 0 Å². The van der Waals surface area contributed by atoms with Gasteiger partial charge in [0.05, 0.1) is 0 Å². The van der Waals surface area contributed by atoms with Gasteiger partial charge in [0.2, 0.25) is 0 Å². The molecule has 2 aromatic rings. The molecule has 0 saturated heterocycles. The van der Waals surface area contributed by atoms with Crippen molar-refractivity contribution in [3.8, 4) is 0 Å². The van der Waals surface area contributed by atoms with Crippen LogP contribution in [0.1, 0.15) is 25.3 Å². The zero-order chi connectivity index (χ0) is 16.1. The van der Waals surface area contributed by atoms with Crippen molar-refractivity contribution in [2.45, 2.75) is 32.2 Å². The predicted octanol–water partition coefficient (Wildman–Crippen LogP) is 4.26. The maximum Gasteiger partial charge on any atom is 0.191 e. The minimum absolute atomic E-state index is 0. The van der Waals surface area contributed by atoms with Crippen LogP contribution in [-0.4, -0.2) is 30.1 Å². The number of hydrogen-bond donors (Lipinski definition) is 3. The number of nitrogens with one attached hydrogen (secondary N) is 3. The van der Waals surface area contributed by atoms with Gasteiger partial charge in [-0.1, -0.05) is 23.8 Å². The number of benzene rings is 1. The number of H-pyrrole nitrogens is 1. The quantitative estimate of drug-likeness (QED) is 0.271. The van der Waals surface area contributed by atoms with Crippen LogP contribution in [0.3, 0.4) is 0 Å². The molecule has 0 spiro atoms. The molecule has 0 atom stereocenters. The molecular weight excluding hydrogens is 435 g/mol. The fourth-order valence-electron chi connectivity index (χ4n) is 2.89. The highest BCUT2D eigenvalue weighted by molar-refractivity contribution is 14.0. The Morgan fingerprint density at radius 1 is 1.33 bits per heavy atom. The van der Waals surface area contributed by atoms with Gasteiger partial charge in [0.15, 0.2) is 5.96 Å². The lowest BCUT2D eigenvalue weighted by molar-refractivity contribution is 0.633. The van der Waals surface area contributed by atoms with E-state index in [0.717, 1.165) is 48.9 Å². The Bertz CT molecular complexity index is 715. The summed E-state index contributed by atoms with van der Waals surface area (Å²) in [6.07, 6.45) is 9.53. The number of fused-ring (bicyclic) bond motifs is 1. The number of aromatic amines is 1. The molecule has 0 bridgehead atoms. The molecule has 0 radical (unpaired) electrons. The van der Waals surface area contributed by atoms with Crippen molar-refractivity contribution >= 4 is 52.4 Å². The van der Waals surface area contributed by atoms with Crippen LogP contribution in [0.5, 0.6) is 0 Å². The largest absolute Gasteiger partial charge is 0.361 e. The summed E-state index contributed by atoms with van der Waals surface area (Å²) in [4.78, 5) is 7.99. The average molecular weight is 459 g/mol. The van der Waals surface area contributed by atoms with Crippen LogP contribution in [0.25, 0.3) is 10.9 Å². The van der Waals surface area contributed by atoms with Crippen LogP contribution in [-0.2, 0) is 6.42 Å². The molecule has 0 fully saturated rings. The minimum atomic E-state index is 0. The van der Waals surface area contributed by atoms with E-state index >= 15 is 0 Å². The van der Waals surface area contributed by atoms with Gasteiger partial charge in [0, 0.05) is 41.3 Å². The van der Waals surface area contributed by atoms with Crippen LogP contribution >= 0.6 is 35.6 Å². The first-order chi connectivity index (χ1) is 11.3. The zero-order valence-corrected chi connectivity index (χ0v) is 16.9. The molecule has 130 valence electrons. The summed E-state index contributed by atoms with van der Waals surface area (Å²) in [6.45, 7) is 3.70. The van der Waals surface area contributed by atoms with Crippen molar-refractivity contribution in [3.63, 3.8) is 0 Å². The summed E-state index contributed by atoms with van der Waals surface area (Å²) in [5, 5.41) is 8.76. The Morgan fingerprint density at radius 3 is 2.88 bits per heavy atom. The highest BCUT2D eigenvalue weighted by atomic mass is 127. The summed E-state index contributed by atoms with van der Waals surface area (Å²) in [5.41, 5.74) is 2.38. The van der Waals surface area contributed by atoms with E-state index in [2.05, 4.69) is 40.9 Å². The SMILES string of the molecule is CCNC(=NCCc1c[nH]c2ccc(Cl)cc12)NC1CC=CC1.I. The molecule has 0 amide bonds. The van der Waals surface area contributed by atoms with E-state index in [9.17, 15) is 0 Å². The van der Waals surface area contributed by atoms with Crippen molar-refractivity contribution in [2.75, 3.05) is 13.1 Å². The number of nitrogens with zero attached hydrogens (tertiary/aromatic N) is 1. The molecule has 0 unspecified atom stereocenters. The first-order valence-electron chi connectivity index (χ1n) is 8.21. The smallest absolute Gasteiger partial charge is 0.191 e. The van der Waals surface area contributed by atoms with Gasteiger partial charge in [-0.15, -0.1) is 24.0 Å². The van der Waals surface area contributed by atoms with Crippen molar-refractivity contribution < 1.29 is 0 Å². The second kappa shape index (κ2) is 9.32. The maximum absolute atomic E-state index is 6.10. The van der Waals surface area contributed by atoms with E-state index in [4.69, 9.17) is 16.6 Å². The maximum atomic E-state index is 6.10. The van der Waals surface area contributed by atoms with Crippen LogP contribution in [0.4, 0.5) is 0 Å². The van der Waals surface area contributed by atoms with Gasteiger partial charge in [-0.2, -0.15) is 0 Å². The Morgan fingerprint density at radius 2 is 2.12 bits per heavy atom. The molecule has 3 N–H and O–H groups in total. The van der Waals surface area contributed by atoms with Gasteiger partial charge < -0.3 is 15.6 Å². The number of guanidine groups is 1. The van der Waals surface area contributed by atoms with Crippen LogP contribution in [0.2, 0.25) is 5.02 Å². The second-order valence-corrected chi connectivity index (χ2v) is 6.23. The zero-order valence-electron chi connectivity index (χ0n) is 13.8. The van der Waals surface area contributed by atoms with Gasteiger partial charge in [-0.05, 0) is 49.9 Å². The summed E-state index contributed by atoms with van der Waals surface area (Å²) in [5.74, 6) is 0.902. The fourth-order valence-corrected chi connectivity index (χ4v) is 3.07. The molecule has 0 saturated carbocycles. The normalized spacial score (nSPS) is 14.8. The molecular formula is C18H24ClIN4. The standard InChI is InChI=1S/C18H23ClN4.HI/c1-2-20-18(23-15-5-3-4-6-15)21-10-9-13-12-22-17-8-7-14(19)11-16(13)17;/h3-4,7-8,11-12,15,22H,2,5-6,9-10H2,1H3,(H2,20,21,23);1H. The highest BCUT2D eigenvalue weighted by Crippen LogP contribution is 2.22. The molecule has 4 nitrogen and oxygen atoms in total. The molecule has 24 heavy (non-hydrogen) atoms. The number of aliphatic imine (C=N–C) groups is 1. The molecule has 1 aliphatic rings. The molecule has 1 aromatic carbocycles. The summed E-state index contributed by atoms with van der Waals surface area (Å²) < 4.78 is 0. The van der Waals surface area contributed by atoms with Crippen molar-refractivity contribution in [2.24, 2.45) is 4.99 Å². The Hall–Kier alpha value is -1.21. The van der Waals surface area contributed by atoms with Gasteiger partial charge in [0.1, 0.15) is 0 Å². The lowest BCUT2D eigenvalue weighted by atomic mass is 10.1. The van der Waals surface area contributed by atoms with Crippen LogP contribution in [0.15, 0.2) is 41.5 Å². The summed E-state index contributed by atoms with van der Waals surface area (Å²) in [6, 6.07) is 6.41. The van der Waals surface area contributed by atoms with E-state index in [-0.39, 0.29) is 24.0 Å². The van der Waals surface area contributed by atoms with Gasteiger partial charge in [0.25, 0.3) is 0 Å². The lowest BCUT2D eigenvalue weighted by Crippen LogP contribution is -2.42. The fraction of sp³-hybridized carbons (Fsp3) is 0.389. The van der Waals surface area contributed by atoms with E-state index in [1.54, 1.807) is 0 Å². The molecule has 3 rings (SSSR count). The van der Waals surface area contributed by atoms with Crippen LogP contribution in [0, 0.1) is 0 Å². The van der Waals surface area contributed by atoms with E-state index in [1.807, 2.05) is 18.2 Å². The Kier molecular flexibility index (Phi) is 7.42. The van der Waals surface area contributed by atoms with Crippen molar-refractivity contribution in [3.05, 3.63) is 47.1 Å². The highest BCUT2D eigenvalue weighted by Gasteiger charge is 2.11. The van der Waals surface area contributed by atoms with E-state index in [0.29, 0.717) is 6.04 Å².